The number of hydrogen-bond donors (Lipinski definition) is 1. The van der Waals surface area contributed by atoms with Crippen LogP contribution in [0.1, 0.15) is 18.2 Å². The summed E-state index contributed by atoms with van der Waals surface area (Å²) in [6.45, 7) is 1.44. The first kappa shape index (κ1) is 11.7. The normalized spacial score (nSPS) is 20.6. The third-order valence-corrected chi connectivity index (χ3v) is 4.33. The van der Waals surface area contributed by atoms with Crippen molar-refractivity contribution in [1.29, 1.82) is 0 Å². The standard InChI is InChI=1S/C12H14N2O3S/c1-18(15,16)9-2-3-10-11(6-9)14-12(13-10)8-4-5-17-7-8/h2-3,6,8H,4-5,7H2,1H3,(H,13,14). The van der Waals surface area contributed by atoms with E-state index in [-0.39, 0.29) is 0 Å². The second kappa shape index (κ2) is 4.07. The summed E-state index contributed by atoms with van der Waals surface area (Å²) in [4.78, 5) is 7.99. The van der Waals surface area contributed by atoms with Crippen LogP contribution in [-0.2, 0) is 14.6 Å². The van der Waals surface area contributed by atoms with E-state index in [2.05, 4.69) is 9.97 Å². The van der Waals surface area contributed by atoms with Crippen molar-refractivity contribution in [1.82, 2.24) is 9.97 Å². The SMILES string of the molecule is CS(=O)(=O)c1ccc2nc(C3CCOC3)[nH]c2c1. The van der Waals surface area contributed by atoms with E-state index in [0.29, 0.717) is 17.4 Å². The second-order valence-corrected chi connectivity index (χ2v) is 6.65. The minimum absolute atomic E-state index is 0.291. The summed E-state index contributed by atoms with van der Waals surface area (Å²) >= 11 is 0. The van der Waals surface area contributed by atoms with Crippen molar-refractivity contribution < 1.29 is 13.2 Å². The number of aromatic nitrogens is 2. The van der Waals surface area contributed by atoms with E-state index in [0.717, 1.165) is 29.9 Å². The van der Waals surface area contributed by atoms with E-state index in [1.54, 1.807) is 18.2 Å². The quantitative estimate of drug-likeness (QED) is 0.893. The van der Waals surface area contributed by atoms with Crippen LogP contribution in [0.5, 0.6) is 0 Å². The molecule has 18 heavy (non-hydrogen) atoms. The molecule has 1 aliphatic rings. The van der Waals surface area contributed by atoms with Gasteiger partial charge in [-0.3, -0.25) is 0 Å². The minimum atomic E-state index is -3.18. The van der Waals surface area contributed by atoms with Crippen LogP contribution in [0.15, 0.2) is 23.1 Å². The van der Waals surface area contributed by atoms with Gasteiger partial charge in [-0.1, -0.05) is 0 Å². The molecular weight excluding hydrogens is 252 g/mol. The number of benzene rings is 1. The highest BCUT2D eigenvalue weighted by Gasteiger charge is 2.21. The lowest BCUT2D eigenvalue weighted by Crippen LogP contribution is -1.99. The molecule has 1 aromatic heterocycles. The molecule has 0 bridgehead atoms. The molecule has 0 aliphatic carbocycles. The smallest absolute Gasteiger partial charge is 0.175 e. The lowest BCUT2D eigenvalue weighted by molar-refractivity contribution is 0.193. The number of sulfone groups is 1. The Balaban J connectivity index is 2.06. The van der Waals surface area contributed by atoms with Crippen molar-refractivity contribution in [2.45, 2.75) is 17.2 Å². The Labute approximate surface area is 105 Å². The Morgan fingerprint density at radius 2 is 2.28 bits per heavy atom. The summed E-state index contributed by atoms with van der Waals surface area (Å²) in [6, 6.07) is 4.96. The number of aromatic amines is 1. The van der Waals surface area contributed by atoms with Crippen LogP contribution < -0.4 is 0 Å². The third kappa shape index (κ3) is 2.02. The predicted molar refractivity (Wildman–Crippen MR) is 67.4 cm³/mol. The zero-order chi connectivity index (χ0) is 12.8. The van der Waals surface area contributed by atoms with Crippen LogP contribution >= 0.6 is 0 Å². The van der Waals surface area contributed by atoms with Gasteiger partial charge in [0.2, 0.25) is 0 Å². The van der Waals surface area contributed by atoms with Crippen molar-refractivity contribution in [2.24, 2.45) is 0 Å². The zero-order valence-electron chi connectivity index (χ0n) is 10.0. The molecular formula is C12H14N2O3S. The fraction of sp³-hybridized carbons (Fsp3) is 0.417. The number of H-pyrrole nitrogens is 1. The van der Waals surface area contributed by atoms with Crippen LogP contribution in [0.2, 0.25) is 0 Å². The first-order chi connectivity index (χ1) is 8.54. The number of nitrogens with one attached hydrogen (secondary N) is 1. The van der Waals surface area contributed by atoms with E-state index in [4.69, 9.17) is 4.74 Å². The molecule has 1 atom stereocenters. The highest BCUT2D eigenvalue weighted by atomic mass is 32.2. The van der Waals surface area contributed by atoms with Gasteiger partial charge in [0.05, 0.1) is 22.5 Å². The van der Waals surface area contributed by atoms with Crippen molar-refractivity contribution in [3.63, 3.8) is 0 Å². The molecule has 6 heteroatoms. The lowest BCUT2D eigenvalue weighted by atomic mass is 10.1. The van der Waals surface area contributed by atoms with Gasteiger partial charge in [-0.05, 0) is 24.6 Å². The monoisotopic (exact) mass is 266 g/mol. The van der Waals surface area contributed by atoms with Gasteiger partial charge in [0.25, 0.3) is 0 Å². The maximum absolute atomic E-state index is 11.5. The second-order valence-electron chi connectivity index (χ2n) is 4.63. The van der Waals surface area contributed by atoms with Crippen molar-refractivity contribution in [3.8, 4) is 0 Å². The largest absolute Gasteiger partial charge is 0.381 e. The molecule has 1 aliphatic heterocycles. The van der Waals surface area contributed by atoms with Gasteiger partial charge >= 0.3 is 0 Å². The maximum atomic E-state index is 11.5. The highest BCUT2D eigenvalue weighted by Crippen LogP contribution is 2.26. The summed E-state index contributed by atoms with van der Waals surface area (Å²) in [5.74, 6) is 1.17. The fourth-order valence-corrected chi connectivity index (χ4v) is 2.83. The Bertz CT molecular complexity index is 684. The van der Waals surface area contributed by atoms with Crippen molar-refractivity contribution in [2.75, 3.05) is 19.5 Å². The molecule has 2 heterocycles. The van der Waals surface area contributed by atoms with Crippen LogP contribution in [0.4, 0.5) is 0 Å². The Kier molecular flexibility index (Phi) is 2.64. The van der Waals surface area contributed by atoms with Crippen molar-refractivity contribution in [3.05, 3.63) is 24.0 Å². The number of imidazole rings is 1. The van der Waals surface area contributed by atoms with Crippen LogP contribution in [0, 0.1) is 0 Å². The average Bonchev–Trinajstić information content (AvgIpc) is 2.95. The first-order valence-corrected chi connectivity index (χ1v) is 7.70. The van der Waals surface area contributed by atoms with E-state index in [9.17, 15) is 8.42 Å². The van der Waals surface area contributed by atoms with Gasteiger partial charge in [-0.25, -0.2) is 13.4 Å². The number of ether oxygens (including phenoxy) is 1. The fourth-order valence-electron chi connectivity index (χ4n) is 2.18. The number of hydrogen-bond acceptors (Lipinski definition) is 4. The number of nitrogens with zero attached hydrogens (tertiary/aromatic N) is 1. The summed E-state index contributed by atoms with van der Waals surface area (Å²) in [7, 11) is -3.18. The summed E-state index contributed by atoms with van der Waals surface area (Å²) in [6.07, 6.45) is 2.16. The molecule has 3 rings (SSSR count). The van der Waals surface area contributed by atoms with E-state index in [1.807, 2.05) is 0 Å². The van der Waals surface area contributed by atoms with E-state index < -0.39 is 9.84 Å². The maximum Gasteiger partial charge on any atom is 0.175 e. The van der Waals surface area contributed by atoms with Gasteiger partial charge in [0, 0.05) is 18.8 Å². The third-order valence-electron chi connectivity index (χ3n) is 3.22. The average molecular weight is 266 g/mol. The molecule has 1 saturated heterocycles. The molecule has 1 unspecified atom stereocenters. The number of rotatable bonds is 2. The van der Waals surface area contributed by atoms with Gasteiger partial charge in [-0.15, -0.1) is 0 Å². The molecule has 1 aromatic carbocycles. The molecule has 2 aromatic rings. The van der Waals surface area contributed by atoms with Gasteiger partial charge in [0.1, 0.15) is 5.82 Å². The predicted octanol–water partition coefficient (Wildman–Crippen LogP) is 1.47. The van der Waals surface area contributed by atoms with Crippen LogP contribution in [-0.4, -0.2) is 37.9 Å². The summed E-state index contributed by atoms with van der Waals surface area (Å²) < 4.78 is 28.3. The molecule has 0 spiro atoms. The Hall–Kier alpha value is -1.40. The van der Waals surface area contributed by atoms with Crippen LogP contribution in [0.3, 0.4) is 0 Å². The van der Waals surface area contributed by atoms with E-state index >= 15 is 0 Å². The highest BCUT2D eigenvalue weighted by molar-refractivity contribution is 7.90. The Morgan fingerprint density at radius 3 is 2.94 bits per heavy atom. The number of fused-ring (bicyclic) bond motifs is 1. The molecule has 1 N–H and O–H groups in total. The zero-order valence-corrected chi connectivity index (χ0v) is 10.8. The molecule has 0 radical (unpaired) electrons. The molecule has 0 amide bonds. The Morgan fingerprint density at radius 1 is 1.44 bits per heavy atom. The molecule has 1 fully saturated rings. The molecule has 96 valence electrons. The summed E-state index contributed by atoms with van der Waals surface area (Å²) in [5.41, 5.74) is 1.56. The molecule has 5 nitrogen and oxygen atoms in total. The topological polar surface area (TPSA) is 72.1 Å². The van der Waals surface area contributed by atoms with Gasteiger partial charge < -0.3 is 9.72 Å². The minimum Gasteiger partial charge on any atom is -0.381 e. The van der Waals surface area contributed by atoms with Gasteiger partial charge in [-0.2, -0.15) is 0 Å². The van der Waals surface area contributed by atoms with Gasteiger partial charge in [0.15, 0.2) is 9.84 Å². The first-order valence-electron chi connectivity index (χ1n) is 5.81. The van der Waals surface area contributed by atoms with Crippen LogP contribution in [0.25, 0.3) is 11.0 Å². The molecule has 0 saturated carbocycles. The summed E-state index contributed by atoms with van der Waals surface area (Å²) in [5, 5.41) is 0. The van der Waals surface area contributed by atoms with Crippen molar-refractivity contribution >= 4 is 20.9 Å². The lowest BCUT2D eigenvalue weighted by Gasteiger charge is -2.00. The van der Waals surface area contributed by atoms with E-state index in [1.165, 1.54) is 6.26 Å².